The predicted octanol–water partition coefficient (Wildman–Crippen LogP) is 3.55. The number of carbonyl (C=O) groups is 1. The average molecular weight is 329 g/mol. The monoisotopic (exact) mass is 329 g/mol. The molecule has 2 aromatic rings. The number of rotatable bonds is 7. The first-order valence-corrected chi connectivity index (χ1v) is 8.28. The highest BCUT2D eigenvalue weighted by Crippen LogP contribution is 2.18. The fraction of sp³-hybridized carbons (Fsp3) is 0.368. The molecule has 0 fully saturated rings. The lowest BCUT2D eigenvalue weighted by Gasteiger charge is -2.20. The lowest BCUT2D eigenvalue weighted by Crippen LogP contribution is -2.31. The summed E-state index contributed by atoms with van der Waals surface area (Å²) >= 11 is 0. The van der Waals surface area contributed by atoms with E-state index in [1.165, 1.54) is 36.6 Å². The molecule has 0 saturated carbocycles. The maximum atomic E-state index is 12.4. The molecule has 1 aromatic heterocycles. The van der Waals surface area contributed by atoms with Crippen molar-refractivity contribution in [1.82, 2.24) is 4.90 Å². The minimum atomic E-state index is -0.226. The van der Waals surface area contributed by atoms with Gasteiger partial charge < -0.3 is 14.4 Å². The lowest BCUT2D eigenvalue weighted by molar-refractivity contribution is -0.126. The molecule has 0 aliphatic rings. The minimum absolute atomic E-state index is 0.0373. The fourth-order valence-electron chi connectivity index (χ4n) is 2.46. The topological polar surface area (TPSA) is 70.8 Å². The van der Waals surface area contributed by atoms with Crippen LogP contribution >= 0.6 is 0 Å². The van der Waals surface area contributed by atoms with Crippen molar-refractivity contribution >= 4 is 23.0 Å². The minimum Gasteiger partial charge on any atom is -0.508 e. The van der Waals surface area contributed by atoms with Gasteiger partial charge in [0.15, 0.2) is 5.43 Å². The van der Waals surface area contributed by atoms with Crippen molar-refractivity contribution in [3.8, 4) is 5.75 Å². The van der Waals surface area contributed by atoms with Crippen LogP contribution < -0.4 is 5.43 Å². The summed E-state index contributed by atoms with van der Waals surface area (Å²) < 4.78 is 5.37. The molecule has 0 aliphatic heterocycles. The van der Waals surface area contributed by atoms with Crippen LogP contribution in [0.15, 0.2) is 39.7 Å². The molecule has 0 aliphatic carbocycles. The van der Waals surface area contributed by atoms with Gasteiger partial charge in [-0.1, -0.05) is 20.3 Å². The Morgan fingerprint density at radius 3 is 2.75 bits per heavy atom. The van der Waals surface area contributed by atoms with E-state index in [4.69, 9.17) is 4.42 Å². The van der Waals surface area contributed by atoms with Crippen LogP contribution in [0.1, 0.15) is 38.7 Å². The molecule has 0 bridgehead atoms. The van der Waals surface area contributed by atoms with Crippen molar-refractivity contribution in [3.05, 3.63) is 46.3 Å². The second-order valence-electron chi connectivity index (χ2n) is 5.71. The van der Waals surface area contributed by atoms with Crippen LogP contribution in [-0.4, -0.2) is 29.0 Å². The number of aromatic hydroxyl groups is 1. The molecule has 2 rings (SSSR count). The molecule has 0 unspecified atom stereocenters. The van der Waals surface area contributed by atoms with Gasteiger partial charge in [0.1, 0.15) is 17.6 Å². The summed E-state index contributed by atoms with van der Waals surface area (Å²) in [5.74, 6) is -0.0641. The molecule has 1 aromatic carbocycles. The average Bonchev–Trinajstić information content (AvgIpc) is 2.57. The maximum absolute atomic E-state index is 12.4. The highest BCUT2D eigenvalue weighted by atomic mass is 16.3. The van der Waals surface area contributed by atoms with Gasteiger partial charge >= 0.3 is 0 Å². The molecule has 5 nitrogen and oxygen atoms in total. The Morgan fingerprint density at radius 2 is 2.04 bits per heavy atom. The van der Waals surface area contributed by atoms with Crippen LogP contribution in [0.2, 0.25) is 0 Å². The number of amides is 1. The Morgan fingerprint density at radius 1 is 1.25 bits per heavy atom. The van der Waals surface area contributed by atoms with E-state index in [0.717, 1.165) is 25.8 Å². The first kappa shape index (κ1) is 17.8. The van der Waals surface area contributed by atoms with Crippen LogP contribution in [-0.2, 0) is 4.79 Å². The number of phenols is 1. The van der Waals surface area contributed by atoms with Gasteiger partial charge in [-0.2, -0.15) is 0 Å². The molecule has 0 radical (unpaired) electrons. The third-order valence-electron chi connectivity index (χ3n) is 3.78. The van der Waals surface area contributed by atoms with E-state index in [1.807, 2.05) is 6.92 Å². The number of phenolic OH excluding ortho intramolecular Hbond substituents is 1. The van der Waals surface area contributed by atoms with Crippen molar-refractivity contribution in [2.24, 2.45) is 0 Å². The highest BCUT2D eigenvalue weighted by molar-refractivity contribution is 5.92. The van der Waals surface area contributed by atoms with Crippen molar-refractivity contribution in [1.29, 1.82) is 0 Å². The van der Waals surface area contributed by atoms with E-state index in [0.29, 0.717) is 23.1 Å². The van der Waals surface area contributed by atoms with Gasteiger partial charge in [0.2, 0.25) is 5.91 Å². The summed E-state index contributed by atoms with van der Waals surface area (Å²) in [5.41, 5.74) is 0.406. The zero-order valence-electron chi connectivity index (χ0n) is 14.1. The van der Waals surface area contributed by atoms with Gasteiger partial charge in [-0.25, -0.2) is 0 Å². The van der Waals surface area contributed by atoms with Crippen molar-refractivity contribution < 1.29 is 14.3 Å². The normalized spacial score (nSPS) is 11.2. The molecule has 1 heterocycles. The van der Waals surface area contributed by atoms with Gasteiger partial charge in [-0.15, -0.1) is 0 Å². The number of hydrogen-bond donors (Lipinski definition) is 1. The number of hydrogen-bond acceptors (Lipinski definition) is 4. The third-order valence-corrected chi connectivity index (χ3v) is 3.78. The number of nitrogens with zero attached hydrogens (tertiary/aromatic N) is 1. The second-order valence-corrected chi connectivity index (χ2v) is 5.71. The smallest absolute Gasteiger partial charge is 0.246 e. The molecule has 0 saturated heterocycles. The highest BCUT2D eigenvalue weighted by Gasteiger charge is 2.10. The summed E-state index contributed by atoms with van der Waals surface area (Å²) in [6.07, 6.45) is 7.10. The standard InChI is InChI=1S/C19H23NO4/c1-3-5-11-20(10-4-2)18(22)9-6-14-13-24-17-12-15(21)7-8-16(17)19(14)23/h6-9,12-13,21H,3-5,10-11H2,1-2H3/b9-6+. The van der Waals surface area contributed by atoms with Gasteiger partial charge in [-0.3, -0.25) is 9.59 Å². The Hall–Kier alpha value is -2.56. The van der Waals surface area contributed by atoms with Crippen LogP contribution in [0.3, 0.4) is 0 Å². The van der Waals surface area contributed by atoms with Crippen molar-refractivity contribution in [3.63, 3.8) is 0 Å². The van der Waals surface area contributed by atoms with Crippen LogP contribution in [0, 0.1) is 0 Å². The fourth-order valence-corrected chi connectivity index (χ4v) is 2.46. The largest absolute Gasteiger partial charge is 0.508 e. The Labute approximate surface area is 141 Å². The lowest BCUT2D eigenvalue weighted by atomic mass is 10.1. The number of fused-ring (bicyclic) bond motifs is 1. The van der Waals surface area contributed by atoms with Gasteiger partial charge in [0.05, 0.1) is 10.9 Å². The first-order valence-electron chi connectivity index (χ1n) is 8.28. The summed E-state index contributed by atoms with van der Waals surface area (Å²) in [7, 11) is 0. The molecule has 128 valence electrons. The summed E-state index contributed by atoms with van der Waals surface area (Å²) in [5, 5.41) is 9.80. The maximum Gasteiger partial charge on any atom is 0.246 e. The van der Waals surface area contributed by atoms with Crippen LogP contribution in [0.4, 0.5) is 0 Å². The molecule has 0 atom stereocenters. The zero-order valence-corrected chi connectivity index (χ0v) is 14.1. The Kier molecular flexibility index (Phi) is 6.18. The summed E-state index contributed by atoms with van der Waals surface area (Å²) in [6, 6.07) is 4.34. The van der Waals surface area contributed by atoms with E-state index >= 15 is 0 Å². The van der Waals surface area contributed by atoms with Crippen molar-refractivity contribution in [2.75, 3.05) is 13.1 Å². The molecular formula is C19H23NO4. The molecule has 24 heavy (non-hydrogen) atoms. The van der Waals surface area contributed by atoms with Crippen LogP contribution in [0.25, 0.3) is 17.0 Å². The van der Waals surface area contributed by atoms with Gasteiger partial charge in [0.25, 0.3) is 0 Å². The second kappa shape index (κ2) is 8.34. The van der Waals surface area contributed by atoms with Gasteiger partial charge in [-0.05, 0) is 31.1 Å². The van der Waals surface area contributed by atoms with E-state index in [9.17, 15) is 14.7 Å². The van der Waals surface area contributed by atoms with E-state index in [2.05, 4.69) is 6.92 Å². The number of carbonyl (C=O) groups excluding carboxylic acids is 1. The zero-order chi connectivity index (χ0) is 17.5. The first-order chi connectivity index (χ1) is 11.6. The van der Waals surface area contributed by atoms with E-state index < -0.39 is 0 Å². The van der Waals surface area contributed by atoms with E-state index in [-0.39, 0.29) is 17.1 Å². The SMILES string of the molecule is CCCCN(CCC)C(=O)/C=C/c1coc2cc(O)ccc2c1=O. The molecule has 5 heteroatoms. The number of benzene rings is 1. The third kappa shape index (κ3) is 4.25. The number of unbranched alkanes of at least 4 members (excludes halogenated alkanes) is 1. The van der Waals surface area contributed by atoms with E-state index in [1.54, 1.807) is 4.90 Å². The van der Waals surface area contributed by atoms with Crippen molar-refractivity contribution in [2.45, 2.75) is 33.1 Å². The molecule has 1 N–H and O–H groups in total. The summed E-state index contributed by atoms with van der Waals surface area (Å²) in [4.78, 5) is 26.5. The van der Waals surface area contributed by atoms with Gasteiger partial charge in [0, 0.05) is 25.2 Å². The molecule has 1 amide bonds. The predicted molar refractivity (Wildman–Crippen MR) is 95.0 cm³/mol. The quantitative estimate of drug-likeness (QED) is 0.789. The molecular weight excluding hydrogens is 306 g/mol. The Balaban J connectivity index is 2.22. The molecule has 0 spiro atoms. The van der Waals surface area contributed by atoms with Crippen LogP contribution in [0.5, 0.6) is 5.75 Å². The summed E-state index contributed by atoms with van der Waals surface area (Å²) in [6.45, 7) is 5.54. The Bertz CT molecular complexity index is 792.